The normalized spacial score (nSPS) is 16.3. The number of hydrogen-bond donors (Lipinski definition) is 3. The molecule has 2 aromatic rings. The van der Waals surface area contributed by atoms with Gasteiger partial charge in [0.2, 0.25) is 17.7 Å². The van der Waals surface area contributed by atoms with Crippen molar-refractivity contribution >= 4 is 40.6 Å². The Morgan fingerprint density at radius 1 is 0.904 bits per heavy atom. The van der Waals surface area contributed by atoms with Gasteiger partial charge in [0.25, 0.3) is 0 Å². The van der Waals surface area contributed by atoms with E-state index in [1.54, 1.807) is 23.1 Å². The molecule has 13 nitrogen and oxygen atoms in total. The summed E-state index contributed by atoms with van der Waals surface area (Å²) in [5, 5.41) is 0.499. The molecule has 0 bridgehead atoms. The van der Waals surface area contributed by atoms with Gasteiger partial charge in [-0.25, -0.2) is 4.79 Å². The third-order valence-electron chi connectivity index (χ3n) is 7.58. The number of carbonyl (C=O) groups is 5. The van der Waals surface area contributed by atoms with Gasteiger partial charge in [-0.2, -0.15) is 0 Å². The number of amides is 3. The Morgan fingerprint density at radius 2 is 1.52 bits per heavy atom. The Bertz CT molecular complexity index is 1450. The Balaban J connectivity index is 0. The van der Waals surface area contributed by atoms with Gasteiger partial charge in [-0.3, -0.25) is 24.0 Å². The molecule has 5 N–H and O–H groups in total. The molecule has 294 valence electrons. The maximum atomic E-state index is 12.2. The number of benzene rings is 1. The lowest BCUT2D eigenvalue weighted by Gasteiger charge is -2.22. The maximum Gasteiger partial charge on any atom is 0.354 e. The average molecular weight is 733 g/mol. The van der Waals surface area contributed by atoms with E-state index in [9.17, 15) is 28.8 Å². The first-order valence-electron chi connectivity index (χ1n) is 18.3. The zero-order valence-electron chi connectivity index (χ0n) is 33.0. The predicted molar refractivity (Wildman–Crippen MR) is 206 cm³/mol. The number of unbranched alkanes of at least 4 members (excludes halogenated alkanes) is 4. The van der Waals surface area contributed by atoms with Crippen molar-refractivity contribution in [2.75, 3.05) is 27.9 Å². The van der Waals surface area contributed by atoms with E-state index in [2.05, 4.69) is 27.6 Å². The van der Waals surface area contributed by atoms with Crippen LogP contribution in [0.2, 0.25) is 0 Å². The van der Waals surface area contributed by atoms with Gasteiger partial charge in [-0.15, -0.1) is 0 Å². The van der Waals surface area contributed by atoms with Crippen molar-refractivity contribution in [3.63, 3.8) is 0 Å². The number of ether oxygens (including phenoxy) is 3. The van der Waals surface area contributed by atoms with E-state index in [4.69, 9.17) is 15.2 Å². The fourth-order valence-corrected chi connectivity index (χ4v) is 5.10. The van der Waals surface area contributed by atoms with Crippen molar-refractivity contribution in [3.8, 4) is 5.75 Å². The van der Waals surface area contributed by atoms with Crippen molar-refractivity contribution < 1.29 is 38.2 Å². The molecule has 3 unspecified atom stereocenters. The van der Waals surface area contributed by atoms with Crippen LogP contribution in [0.15, 0.2) is 41.2 Å². The van der Waals surface area contributed by atoms with Crippen LogP contribution >= 0.6 is 0 Å². The van der Waals surface area contributed by atoms with E-state index in [1.165, 1.54) is 34.3 Å². The lowest BCUT2D eigenvalue weighted by molar-refractivity contribution is -0.142. The standard InChI is InChI=1S/C19H30N2O4.C12H11NO4.C2H5NO.3C2H6/c1-25-19(24)15-13-14(15)9-6-4-2-3-5-7-11-17(22)21-12-8-10-16(21)18(20)23;1-16-7-3-4-8-9(5-7)13-10(6-11(8)14)12(15)17-2;1-2(3)4;3*1-2/h6,9,14-16H,2-5,7-8,10-13H2,1H3,(H2,20,23);3-6H,1-2H3,(H,13,14);1H3,(H2,3,4);3*1-2H3/b9-6-;;;;;. The van der Waals surface area contributed by atoms with Crippen LogP contribution < -0.4 is 21.6 Å². The van der Waals surface area contributed by atoms with E-state index in [0.717, 1.165) is 44.9 Å². The van der Waals surface area contributed by atoms with E-state index in [0.29, 0.717) is 42.0 Å². The summed E-state index contributed by atoms with van der Waals surface area (Å²) in [4.78, 5) is 71.6. The van der Waals surface area contributed by atoms with Crippen molar-refractivity contribution in [1.29, 1.82) is 0 Å². The zero-order chi connectivity index (χ0) is 40.2. The van der Waals surface area contributed by atoms with Crippen molar-refractivity contribution in [2.24, 2.45) is 23.3 Å². The van der Waals surface area contributed by atoms with Gasteiger partial charge in [-0.05, 0) is 56.6 Å². The van der Waals surface area contributed by atoms with Crippen LogP contribution in [0.4, 0.5) is 0 Å². The number of allylic oxidation sites excluding steroid dienone is 2. The molecule has 4 rings (SSSR count). The SMILES string of the molecule is CC.CC.CC.CC(N)=O.COC(=O)C1CC1/C=C\CCCCCCC(=O)N1CCCC1C(N)=O.COC(=O)c1cc(=O)c2ccc(OC)cc2[nH]1. The predicted octanol–water partition coefficient (Wildman–Crippen LogP) is 6.06. The smallest absolute Gasteiger partial charge is 0.354 e. The van der Waals surface area contributed by atoms with Gasteiger partial charge in [0.15, 0.2) is 5.43 Å². The number of fused-ring (bicyclic) bond motifs is 1. The van der Waals surface area contributed by atoms with Gasteiger partial charge in [0.05, 0.1) is 32.8 Å². The zero-order valence-corrected chi connectivity index (χ0v) is 33.0. The number of nitrogens with one attached hydrogen (secondary N) is 1. The maximum absolute atomic E-state index is 12.2. The number of esters is 2. The van der Waals surface area contributed by atoms with Crippen molar-refractivity contribution in [3.05, 3.63) is 52.3 Å². The van der Waals surface area contributed by atoms with E-state index >= 15 is 0 Å². The van der Waals surface area contributed by atoms with E-state index < -0.39 is 12.0 Å². The first-order chi connectivity index (χ1) is 24.9. The largest absolute Gasteiger partial charge is 0.497 e. The second-order valence-electron chi connectivity index (χ2n) is 11.1. The summed E-state index contributed by atoms with van der Waals surface area (Å²) in [6.07, 6.45) is 12.3. The number of H-pyrrole nitrogens is 1. The number of carbonyl (C=O) groups excluding carboxylic acids is 5. The Labute approximate surface area is 309 Å². The van der Waals surface area contributed by atoms with Crippen molar-refractivity contribution in [1.82, 2.24) is 9.88 Å². The second kappa shape index (κ2) is 29.0. The molecule has 0 radical (unpaired) electrons. The summed E-state index contributed by atoms with van der Waals surface area (Å²) < 4.78 is 14.3. The average Bonchev–Trinajstić information content (AvgIpc) is 3.75. The molecule has 2 aliphatic rings. The monoisotopic (exact) mass is 732 g/mol. The highest BCUT2D eigenvalue weighted by Gasteiger charge is 2.41. The Morgan fingerprint density at radius 3 is 2.08 bits per heavy atom. The van der Waals surface area contributed by atoms with Gasteiger partial charge in [0, 0.05) is 37.4 Å². The molecule has 52 heavy (non-hydrogen) atoms. The van der Waals surface area contributed by atoms with Gasteiger partial charge in [-0.1, -0.05) is 66.5 Å². The lowest BCUT2D eigenvalue weighted by atomic mass is 10.1. The topological polar surface area (TPSA) is 201 Å². The fourth-order valence-electron chi connectivity index (χ4n) is 5.10. The minimum Gasteiger partial charge on any atom is -0.497 e. The second-order valence-corrected chi connectivity index (χ2v) is 11.1. The number of primary amides is 2. The molecule has 13 heteroatoms. The molecule has 3 atom stereocenters. The molecule has 1 saturated heterocycles. The third kappa shape index (κ3) is 18.5. The highest BCUT2D eigenvalue weighted by Crippen LogP contribution is 2.40. The molecule has 1 aliphatic heterocycles. The molecule has 1 aromatic heterocycles. The molecule has 1 saturated carbocycles. The van der Waals surface area contributed by atoms with Crippen LogP contribution in [0, 0.1) is 11.8 Å². The summed E-state index contributed by atoms with van der Waals surface area (Å²) in [5.41, 5.74) is 10.2. The molecular formula is C39H64N4O9. The number of rotatable bonds is 12. The Hall–Kier alpha value is -4.68. The Kier molecular flexibility index (Phi) is 27.5. The number of pyridine rings is 1. The minimum atomic E-state index is -0.577. The first kappa shape index (κ1) is 49.4. The molecule has 3 amide bonds. The molecule has 1 aliphatic carbocycles. The summed E-state index contributed by atoms with van der Waals surface area (Å²) >= 11 is 0. The third-order valence-corrected chi connectivity index (χ3v) is 7.58. The van der Waals surface area contributed by atoms with Crippen LogP contribution in [0.25, 0.3) is 10.9 Å². The summed E-state index contributed by atoms with van der Waals surface area (Å²) in [5.74, 6) is -0.296. The van der Waals surface area contributed by atoms with Crippen LogP contribution in [-0.2, 0) is 28.7 Å². The van der Waals surface area contributed by atoms with E-state index in [-0.39, 0.29) is 40.7 Å². The number of hydrogen-bond acceptors (Lipinski definition) is 9. The van der Waals surface area contributed by atoms with Crippen molar-refractivity contribution in [2.45, 2.75) is 112 Å². The highest BCUT2D eigenvalue weighted by atomic mass is 16.5. The highest BCUT2D eigenvalue weighted by molar-refractivity contribution is 5.91. The summed E-state index contributed by atoms with van der Waals surface area (Å²) in [7, 11) is 4.23. The van der Waals surface area contributed by atoms with Gasteiger partial charge < -0.3 is 35.6 Å². The number of nitrogens with two attached hydrogens (primary N) is 2. The summed E-state index contributed by atoms with van der Waals surface area (Å²) in [6, 6.07) is 5.82. The molecule has 1 aromatic carbocycles. The van der Waals surface area contributed by atoms with Crippen LogP contribution in [0.3, 0.4) is 0 Å². The fraction of sp³-hybridized carbons (Fsp3) is 0.590. The number of likely N-dealkylation sites (tertiary alicyclic amines) is 1. The number of aromatic amines is 1. The van der Waals surface area contributed by atoms with E-state index in [1.807, 2.05) is 41.5 Å². The molecular weight excluding hydrogens is 668 g/mol. The quantitative estimate of drug-likeness (QED) is 0.132. The lowest BCUT2D eigenvalue weighted by Crippen LogP contribution is -2.43. The summed E-state index contributed by atoms with van der Waals surface area (Å²) in [6.45, 7) is 14.0. The van der Waals surface area contributed by atoms with Crippen LogP contribution in [0.5, 0.6) is 5.75 Å². The number of methoxy groups -OCH3 is 3. The number of nitrogens with zero attached hydrogens (tertiary/aromatic N) is 1. The number of aromatic nitrogens is 1. The minimum absolute atomic E-state index is 0.0591. The first-order valence-corrected chi connectivity index (χ1v) is 18.3. The molecule has 2 fully saturated rings. The van der Waals surface area contributed by atoms with Crippen LogP contribution in [-0.4, -0.2) is 73.5 Å². The van der Waals surface area contributed by atoms with Gasteiger partial charge in [0.1, 0.15) is 17.5 Å². The molecule has 0 spiro atoms. The van der Waals surface area contributed by atoms with Gasteiger partial charge >= 0.3 is 11.9 Å². The molecule has 2 heterocycles. The van der Waals surface area contributed by atoms with Crippen LogP contribution in [0.1, 0.15) is 117 Å².